The summed E-state index contributed by atoms with van der Waals surface area (Å²) in [6.07, 6.45) is 12.9. The molecule has 3 aromatic rings. The topological polar surface area (TPSA) is 111 Å². The molecular weight excluding hydrogens is 544 g/mol. The minimum Gasteiger partial charge on any atom is -0.469 e. The number of fused-ring (bicyclic) bond motifs is 1. The first-order valence-electron chi connectivity index (χ1n) is 15.8. The highest BCUT2D eigenvalue weighted by molar-refractivity contribution is 5.99. The maximum Gasteiger partial charge on any atom is 0.305 e. The van der Waals surface area contributed by atoms with Crippen molar-refractivity contribution in [3.8, 4) is 0 Å². The zero-order valence-corrected chi connectivity index (χ0v) is 25.8. The van der Waals surface area contributed by atoms with Gasteiger partial charge in [0.2, 0.25) is 0 Å². The molecular formula is C33H44N6O4. The summed E-state index contributed by atoms with van der Waals surface area (Å²) in [6.45, 7) is 8.37. The molecule has 0 amide bonds. The van der Waals surface area contributed by atoms with Crippen LogP contribution in [0.3, 0.4) is 0 Å². The van der Waals surface area contributed by atoms with Crippen LogP contribution in [0.2, 0.25) is 0 Å². The van der Waals surface area contributed by atoms with Gasteiger partial charge in [-0.25, -0.2) is 9.97 Å². The molecule has 230 valence electrons. The Bertz CT molecular complexity index is 1490. The van der Waals surface area contributed by atoms with Crippen LogP contribution in [0.5, 0.6) is 0 Å². The van der Waals surface area contributed by atoms with Crippen LogP contribution in [-0.4, -0.2) is 76.0 Å². The third-order valence-electron chi connectivity index (χ3n) is 9.02. The van der Waals surface area contributed by atoms with E-state index in [-0.39, 0.29) is 28.9 Å². The number of hydrogen-bond acceptors (Lipinski definition) is 9. The van der Waals surface area contributed by atoms with E-state index in [1.54, 1.807) is 10.8 Å². The second-order valence-electron chi connectivity index (χ2n) is 11.9. The molecule has 0 spiro atoms. The van der Waals surface area contributed by atoms with E-state index in [0.717, 1.165) is 101 Å². The van der Waals surface area contributed by atoms with Gasteiger partial charge in [-0.15, -0.1) is 0 Å². The average Bonchev–Trinajstić information content (AvgIpc) is 3.54. The zero-order valence-electron chi connectivity index (χ0n) is 25.8. The molecule has 0 atom stereocenters. The fourth-order valence-corrected chi connectivity index (χ4v) is 6.53. The van der Waals surface area contributed by atoms with E-state index in [1.165, 1.54) is 14.0 Å². The van der Waals surface area contributed by atoms with E-state index in [9.17, 15) is 14.4 Å². The number of ether oxygens (including phenoxy) is 1. The molecule has 2 aliphatic rings. The first-order chi connectivity index (χ1) is 20.9. The maximum atomic E-state index is 13.5. The number of aromatic nitrogens is 4. The van der Waals surface area contributed by atoms with Crippen molar-refractivity contribution in [2.24, 2.45) is 0 Å². The lowest BCUT2D eigenvalue weighted by Crippen LogP contribution is -2.46. The minimum absolute atomic E-state index is 0.0624. The molecule has 5 rings (SSSR count). The van der Waals surface area contributed by atoms with Crippen LogP contribution in [0.15, 0.2) is 29.3 Å². The molecule has 1 aliphatic heterocycles. The van der Waals surface area contributed by atoms with Gasteiger partial charge in [-0.3, -0.25) is 28.8 Å². The van der Waals surface area contributed by atoms with Crippen LogP contribution in [0.25, 0.3) is 11.0 Å². The molecule has 43 heavy (non-hydrogen) atoms. The Balaban J connectivity index is 1.19. The highest BCUT2D eigenvalue weighted by atomic mass is 16.5. The molecule has 10 nitrogen and oxygen atoms in total. The van der Waals surface area contributed by atoms with Crippen molar-refractivity contribution < 1.29 is 14.3 Å². The number of ketones is 1. The van der Waals surface area contributed by atoms with Gasteiger partial charge in [0.1, 0.15) is 11.5 Å². The van der Waals surface area contributed by atoms with Crippen LogP contribution >= 0.6 is 0 Å². The first-order valence-corrected chi connectivity index (χ1v) is 15.8. The van der Waals surface area contributed by atoms with E-state index in [0.29, 0.717) is 29.9 Å². The molecule has 0 bridgehead atoms. The van der Waals surface area contributed by atoms with E-state index in [1.807, 2.05) is 19.2 Å². The minimum atomic E-state index is -0.229. The number of methoxy groups -OCH3 is 1. The number of nitrogens with zero attached hydrogens (tertiary/aromatic N) is 6. The summed E-state index contributed by atoms with van der Waals surface area (Å²) in [5.74, 6) is 0.287. The number of aryl methyl sites for hydroxylation is 1. The summed E-state index contributed by atoms with van der Waals surface area (Å²) in [5, 5.41) is 0.765. The number of anilines is 1. The SMILES string of the molecule is COC(=O)CCCCCCN1CCN(c2ccc(Cc3ncc4c(C)c(C(C)=O)c(=O)n(C5CCCC5)c4n3)nc2)CC1. The lowest BCUT2D eigenvalue weighted by molar-refractivity contribution is -0.140. The summed E-state index contributed by atoms with van der Waals surface area (Å²) in [6, 6.07) is 4.22. The van der Waals surface area contributed by atoms with Crippen LogP contribution in [0, 0.1) is 6.92 Å². The number of hydrogen-bond donors (Lipinski definition) is 0. The molecule has 0 unspecified atom stereocenters. The van der Waals surface area contributed by atoms with Gasteiger partial charge in [-0.1, -0.05) is 25.7 Å². The zero-order chi connectivity index (χ0) is 30.3. The summed E-state index contributed by atoms with van der Waals surface area (Å²) in [5.41, 5.74) is 3.30. The molecule has 3 aromatic heterocycles. The van der Waals surface area contributed by atoms with Crippen molar-refractivity contribution in [1.82, 2.24) is 24.4 Å². The van der Waals surface area contributed by atoms with Gasteiger partial charge in [-0.05, 0) is 63.8 Å². The number of rotatable bonds is 12. The standard InChI is InChI=1S/C33H44N6O4/c1-23-28-22-35-29(36-32(28)39(26-10-7-8-11-26)33(42)31(23)24(2)40)20-25-13-14-27(21-34-25)38-18-16-37(17-19-38)15-9-5-4-6-12-30(41)43-3/h13-14,21-22,26H,4-12,15-20H2,1-3H3. The van der Waals surface area contributed by atoms with E-state index < -0.39 is 0 Å². The molecule has 10 heteroatoms. The van der Waals surface area contributed by atoms with Gasteiger partial charge in [0.05, 0.1) is 31.0 Å². The normalized spacial score (nSPS) is 16.2. The molecule has 0 radical (unpaired) electrons. The Hall–Kier alpha value is -3.66. The number of unbranched alkanes of at least 4 members (excludes halogenated alkanes) is 3. The van der Waals surface area contributed by atoms with Gasteiger partial charge in [-0.2, -0.15) is 0 Å². The quantitative estimate of drug-likeness (QED) is 0.170. The Morgan fingerprint density at radius 2 is 1.72 bits per heavy atom. The Labute approximate surface area is 253 Å². The van der Waals surface area contributed by atoms with Crippen LogP contribution in [0.1, 0.15) is 98.2 Å². The molecule has 2 fully saturated rings. The van der Waals surface area contributed by atoms with Crippen molar-refractivity contribution in [2.45, 2.75) is 84.1 Å². The fourth-order valence-electron chi connectivity index (χ4n) is 6.53. The molecule has 1 saturated heterocycles. The highest BCUT2D eigenvalue weighted by Gasteiger charge is 2.26. The Morgan fingerprint density at radius 3 is 2.40 bits per heavy atom. The maximum absolute atomic E-state index is 13.5. The van der Waals surface area contributed by atoms with Gasteiger partial charge < -0.3 is 9.64 Å². The van der Waals surface area contributed by atoms with Crippen molar-refractivity contribution in [3.05, 3.63) is 57.5 Å². The predicted octanol–water partition coefficient (Wildman–Crippen LogP) is 4.65. The predicted molar refractivity (Wildman–Crippen MR) is 167 cm³/mol. The van der Waals surface area contributed by atoms with Gasteiger partial charge in [0, 0.05) is 55.9 Å². The van der Waals surface area contributed by atoms with Crippen molar-refractivity contribution in [3.63, 3.8) is 0 Å². The fraction of sp³-hybridized carbons (Fsp3) is 0.576. The molecule has 0 aromatic carbocycles. The summed E-state index contributed by atoms with van der Waals surface area (Å²) >= 11 is 0. The van der Waals surface area contributed by atoms with Crippen LogP contribution in [0.4, 0.5) is 5.69 Å². The second kappa shape index (κ2) is 14.2. The van der Waals surface area contributed by atoms with Crippen LogP contribution < -0.4 is 10.5 Å². The number of carbonyl (C=O) groups excluding carboxylic acids is 2. The third kappa shape index (κ3) is 7.29. The Kier molecular flexibility index (Phi) is 10.2. The highest BCUT2D eigenvalue weighted by Crippen LogP contribution is 2.31. The lowest BCUT2D eigenvalue weighted by Gasteiger charge is -2.36. The van der Waals surface area contributed by atoms with E-state index in [4.69, 9.17) is 14.7 Å². The number of pyridine rings is 2. The summed E-state index contributed by atoms with van der Waals surface area (Å²) in [4.78, 5) is 56.2. The molecule has 0 N–H and O–H groups in total. The van der Waals surface area contributed by atoms with Crippen molar-refractivity contribution >= 4 is 28.5 Å². The van der Waals surface area contributed by atoms with Crippen molar-refractivity contribution in [2.75, 3.05) is 44.7 Å². The van der Waals surface area contributed by atoms with Gasteiger partial charge in [0.15, 0.2) is 5.78 Å². The Morgan fingerprint density at radius 1 is 0.977 bits per heavy atom. The monoisotopic (exact) mass is 588 g/mol. The first kappa shape index (κ1) is 30.8. The van der Waals surface area contributed by atoms with Crippen molar-refractivity contribution in [1.29, 1.82) is 0 Å². The largest absolute Gasteiger partial charge is 0.469 e. The molecule has 1 aliphatic carbocycles. The van der Waals surface area contributed by atoms with Crippen LogP contribution in [-0.2, 0) is 16.0 Å². The summed E-state index contributed by atoms with van der Waals surface area (Å²) in [7, 11) is 1.44. The van der Waals surface area contributed by atoms with E-state index in [2.05, 4.69) is 20.9 Å². The molecule has 1 saturated carbocycles. The van der Waals surface area contributed by atoms with E-state index >= 15 is 0 Å². The summed E-state index contributed by atoms with van der Waals surface area (Å²) < 4.78 is 6.46. The number of carbonyl (C=O) groups is 2. The lowest BCUT2D eigenvalue weighted by atomic mass is 10.0. The number of piperazine rings is 1. The second-order valence-corrected chi connectivity index (χ2v) is 11.9. The third-order valence-corrected chi connectivity index (χ3v) is 9.02. The van der Waals surface area contributed by atoms with Gasteiger partial charge >= 0.3 is 5.97 Å². The van der Waals surface area contributed by atoms with Gasteiger partial charge in [0.25, 0.3) is 5.56 Å². The smallest absolute Gasteiger partial charge is 0.305 e. The number of esters is 1. The molecule has 4 heterocycles. The average molecular weight is 589 g/mol. The number of Topliss-reactive ketones (excluding diaryl/α,β-unsaturated/α-hetero) is 1.